The second-order valence-electron chi connectivity index (χ2n) is 5.66. The Morgan fingerprint density at radius 3 is 2.59 bits per heavy atom. The van der Waals surface area contributed by atoms with Gasteiger partial charge in [-0.15, -0.1) is 0 Å². The van der Waals surface area contributed by atoms with Crippen molar-refractivity contribution in [1.82, 2.24) is 0 Å². The maximum atomic E-state index is 12.8. The Labute approximate surface area is 173 Å². The van der Waals surface area contributed by atoms with Crippen molar-refractivity contribution >= 4 is 33.6 Å². The van der Waals surface area contributed by atoms with Gasteiger partial charge < -0.3 is 14.8 Å². The molecule has 0 saturated carbocycles. The first-order chi connectivity index (χ1) is 13.7. The molecule has 2 rings (SSSR count). The van der Waals surface area contributed by atoms with Crippen molar-refractivity contribution in [2.45, 2.75) is 13.1 Å². The van der Waals surface area contributed by atoms with Gasteiger partial charge in [0.25, 0.3) is 5.91 Å². The van der Waals surface area contributed by atoms with Gasteiger partial charge in [-0.3, -0.25) is 4.79 Å². The zero-order valence-electron chi connectivity index (χ0n) is 15.4. The van der Waals surface area contributed by atoms with E-state index in [2.05, 4.69) is 21.2 Å². The van der Waals surface area contributed by atoms with Crippen LogP contribution in [0, 0.1) is 11.3 Å². The summed E-state index contributed by atoms with van der Waals surface area (Å²) in [6, 6.07) is 9.12. The maximum absolute atomic E-state index is 12.8. The molecule has 1 N–H and O–H groups in total. The molecule has 0 radical (unpaired) electrons. The van der Waals surface area contributed by atoms with E-state index in [0.29, 0.717) is 28.1 Å². The summed E-state index contributed by atoms with van der Waals surface area (Å²) in [5.41, 5.74) is -0.812. The van der Waals surface area contributed by atoms with Crippen LogP contribution in [-0.2, 0) is 11.0 Å². The molecule has 0 saturated heterocycles. The van der Waals surface area contributed by atoms with E-state index in [-0.39, 0.29) is 11.3 Å². The number of rotatable bonds is 6. The molecule has 0 bridgehead atoms. The second kappa shape index (κ2) is 9.47. The molecular weight excluding hydrogens is 453 g/mol. The van der Waals surface area contributed by atoms with Gasteiger partial charge in [0.1, 0.15) is 11.6 Å². The van der Waals surface area contributed by atoms with Crippen LogP contribution in [0.3, 0.4) is 0 Å². The van der Waals surface area contributed by atoms with E-state index in [1.807, 2.05) is 0 Å². The smallest absolute Gasteiger partial charge is 0.416 e. The molecule has 9 heteroatoms. The second-order valence-corrected chi connectivity index (χ2v) is 6.51. The minimum absolute atomic E-state index is 0.0743. The molecule has 0 atom stereocenters. The lowest BCUT2D eigenvalue weighted by molar-refractivity contribution is -0.137. The van der Waals surface area contributed by atoms with Gasteiger partial charge in [0.15, 0.2) is 11.5 Å². The summed E-state index contributed by atoms with van der Waals surface area (Å²) >= 11 is 3.33. The van der Waals surface area contributed by atoms with Crippen LogP contribution in [0.1, 0.15) is 18.1 Å². The minimum atomic E-state index is -4.54. The third-order valence-electron chi connectivity index (χ3n) is 3.70. The first-order valence-corrected chi connectivity index (χ1v) is 9.09. The predicted molar refractivity (Wildman–Crippen MR) is 106 cm³/mol. The van der Waals surface area contributed by atoms with Crippen molar-refractivity contribution in [3.05, 3.63) is 57.6 Å². The lowest BCUT2D eigenvalue weighted by Gasteiger charge is -2.12. The van der Waals surface area contributed by atoms with E-state index in [4.69, 9.17) is 9.47 Å². The highest BCUT2D eigenvalue weighted by Crippen LogP contribution is 2.35. The third-order valence-corrected chi connectivity index (χ3v) is 4.38. The Morgan fingerprint density at radius 1 is 1.28 bits per heavy atom. The number of hydrogen-bond donors (Lipinski definition) is 1. The number of alkyl halides is 3. The molecule has 5 nitrogen and oxygen atoms in total. The molecule has 0 aliphatic carbocycles. The topological polar surface area (TPSA) is 71.3 Å². The van der Waals surface area contributed by atoms with Gasteiger partial charge in [-0.1, -0.05) is 22.0 Å². The molecular formula is C20H16BrF3N2O3. The summed E-state index contributed by atoms with van der Waals surface area (Å²) in [5, 5.41) is 11.7. The average Bonchev–Trinajstić information content (AvgIpc) is 2.67. The van der Waals surface area contributed by atoms with Gasteiger partial charge in [0, 0.05) is 10.2 Å². The number of ether oxygens (including phenoxy) is 2. The van der Waals surface area contributed by atoms with Crippen LogP contribution in [0.25, 0.3) is 6.08 Å². The van der Waals surface area contributed by atoms with E-state index >= 15 is 0 Å². The standard InChI is InChI=1S/C20H16BrF3N2O3/c1-3-29-18-8-12(16(21)10-17(18)28-2)7-13(11-25)19(27)26-15-6-4-5-14(9-15)20(22,23)24/h4-10H,3H2,1-2H3,(H,26,27)/b13-7-. The maximum Gasteiger partial charge on any atom is 0.416 e. The van der Waals surface area contributed by atoms with Crippen molar-refractivity contribution in [1.29, 1.82) is 5.26 Å². The van der Waals surface area contributed by atoms with E-state index in [1.54, 1.807) is 25.1 Å². The molecule has 0 aromatic heterocycles. The van der Waals surface area contributed by atoms with E-state index in [1.165, 1.54) is 25.3 Å². The first-order valence-electron chi connectivity index (χ1n) is 8.30. The van der Waals surface area contributed by atoms with Crippen LogP contribution >= 0.6 is 15.9 Å². The molecule has 2 aromatic rings. The number of nitrogens with zero attached hydrogens (tertiary/aromatic N) is 1. The highest BCUT2D eigenvalue weighted by molar-refractivity contribution is 9.10. The number of benzene rings is 2. The number of nitriles is 1. The molecule has 2 aromatic carbocycles. The number of methoxy groups -OCH3 is 1. The van der Waals surface area contributed by atoms with Crippen molar-refractivity contribution in [2.24, 2.45) is 0 Å². The van der Waals surface area contributed by atoms with Crippen LogP contribution in [0.5, 0.6) is 11.5 Å². The molecule has 29 heavy (non-hydrogen) atoms. The van der Waals surface area contributed by atoms with Gasteiger partial charge in [0.05, 0.1) is 19.3 Å². The number of hydrogen-bond acceptors (Lipinski definition) is 4. The summed E-state index contributed by atoms with van der Waals surface area (Å²) in [5.74, 6) is 0.0373. The molecule has 0 spiro atoms. The number of anilines is 1. The molecule has 0 aliphatic heterocycles. The first kappa shape index (κ1) is 22.3. The number of halogens is 4. The molecule has 0 heterocycles. The van der Waals surface area contributed by atoms with Gasteiger partial charge >= 0.3 is 6.18 Å². The molecule has 1 amide bonds. The SMILES string of the molecule is CCOc1cc(/C=C(/C#N)C(=O)Nc2cccc(C(F)(F)F)c2)c(Br)cc1OC. The Bertz CT molecular complexity index is 982. The van der Waals surface area contributed by atoms with Crippen LogP contribution in [-0.4, -0.2) is 19.6 Å². The Morgan fingerprint density at radius 2 is 2.00 bits per heavy atom. The highest BCUT2D eigenvalue weighted by Gasteiger charge is 2.30. The summed E-state index contributed by atoms with van der Waals surface area (Å²) in [6.07, 6.45) is -3.24. The number of carbonyl (C=O) groups is 1. The molecule has 0 aliphatic rings. The zero-order valence-corrected chi connectivity index (χ0v) is 17.0. The van der Waals surface area contributed by atoms with Gasteiger partial charge in [-0.05, 0) is 48.9 Å². The fourth-order valence-electron chi connectivity index (χ4n) is 2.37. The van der Waals surface area contributed by atoms with Gasteiger partial charge in [-0.25, -0.2) is 0 Å². The van der Waals surface area contributed by atoms with Crippen molar-refractivity contribution in [3.8, 4) is 17.6 Å². The predicted octanol–water partition coefficient (Wildman–Crippen LogP) is 5.42. The lowest BCUT2D eigenvalue weighted by Crippen LogP contribution is -2.14. The number of carbonyl (C=O) groups excluding carboxylic acids is 1. The van der Waals surface area contributed by atoms with Gasteiger partial charge in [0.2, 0.25) is 0 Å². The van der Waals surface area contributed by atoms with E-state index < -0.39 is 17.6 Å². The van der Waals surface area contributed by atoms with Gasteiger partial charge in [-0.2, -0.15) is 18.4 Å². The Balaban J connectivity index is 2.34. The fraction of sp³-hybridized carbons (Fsp3) is 0.200. The fourth-order valence-corrected chi connectivity index (χ4v) is 2.80. The van der Waals surface area contributed by atoms with E-state index in [9.17, 15) is 23.2 Å². The Hall–Kier alpha value is -2.99. The van der Waals surface area contributed by atoms with Crippen LogP contribution in [0.2, 0.25) is 0 Å². The summed E-state index contributed by atoms with van der Waals surface area (Å²) in [6.45, 7) is 2.17. The number of nitrogens with one attached hydrogen (secondary N) is 1. The lowest BCUT2D eigenvalue weighted by atomic mass is 10.1. The van der Waals surface area contributed by atoms with E-state index in [0.717, 1.165) is 12.1 Å². The number of amides is 1. The van der Waals surface area contributed by atoms with Crippen molar-refractivity contribution < 1.29 is 27.4 Å². The monoisotopic (exact) mass is 468 g/mol. The normalized spacial score (nSPS) is 11.6. The summed E-state index contributed by atoms with van der Waals surface area (Å²) < 4.78 is 49.7. The Kier molecular flexibility index (Phi) is 7.29. The van der Waals surface area contributed by atoms with Crippen LogP contribution < -0.4 is 14.8 Å². The van der Waals surface area contributed by atoms with Crippen LogP contribution in [0.4, 0.5) is 18.9 Å². The highest BCUT2D eigenvalue weighted by atomic mass is 79.9. The molecule has 0 unspecified atom stereocenters. The van der Waals surface area contributed by atoms with Crippen LogP contribution in [0.15, 0.2) is 46.4 Å². The average molecular weight is 469 g/mol. The molecule has 0 fully saturated rings. The summed E-state index contributed by atoms with van der Waals surface area (Å²) in [7, 11) is 1.48. The summed E-state index contributed by atoms with van der Waals surface area (Å²) in [4.78, 5) is 12.4. The quantitative estimate of drug-likeness (QED) is 0.453. The van der Waals surface area contributed by atoms with Crippen molar-refractivity contribution in [3.63, 3.8) is 0 Å². The minimum Gasteiger partial charge on any atom is -0.493 e. The zero-order chi connectivity index (χ0) is 21.6. The molecule has 152 valence electrons. The van der Waals surface area contributed by atoms with Crippen molar-refractivity contribution in [2.75, 3.05) is 19.0 Å². The largest absolute Gasteiger partial charge is 0.493 e. The third kappa shape index (κ3) is 5.74.